The van der Waals surface area contributed by atoms with Crippen LogP contribution in [0.1, 0.15) is 16.7 Å². The fourth-order valence-electron chi connectivity index (χ4n) is 5.24. The van der Waals surface area contributed by atoms with E-state index in [1.54, 1.807) is 0 Å². The quantitative estimate of drug-likeness (QED) is 0.325. The van der Waals surface area contributed by atoms with Crippen molar-refractivity contribution in [1.29, 1.82) is 0 Å². The van der Waals surface area contributed by atoms with Crippen LogP contribution in [0.3, 0.4) is 0 Å². The molecule has 1 aliphatic rings. The fourth-order valence-corrected chi connectivity index (χ4v) is 5.24. The SMILES string of the molecule is Cc1ccc2c(oc3c(-c4cccc5c4CN(C)CC5)cccc32)c1-c1cccc[n+]1C. The third kappa shape index (κ3) is 2.89. The van der Waals surface area contributed by atoms with E-state index in [-0.39, 0.29) is 0 Å². The Balaban J connectivity index is 1.66. The van der Waals surface area contributed by atoms with Gasteiger partial charge < -0.3 is 9.32 Å². The van der Waals surface area contributed by atoms with Gasteiger partial charge in [-0.25, -0.2) is 4.57 Å². The second kappa shape index (κ2) is 7.32. The highest BCUT2D eigenvalue weighted by atomic mass is 16.3. The van der Waals surface area contributed by atoms with Gasteiger partial charge in [0.15, 0.2) is 6.20 Å². The van der Waals surface area contributed by atoms with Crippen LogP contribution in [0.4, 0.5) is 0 Å². The van der Waals surface area contributed by atoms with Crippen molar-refractivity contribution in [2.24, 2.45) is 7.05 Å². The third-order valence-corrected chi connectivity index (χ3v) is 6.94. The minimum Gasteiger partial charge on any atom is -0.454 e. The van der Waals surface area contributed by atoms with Crippen molar-refractivity contribution in [2.75, 3.05) is 13.6 Å². The van der Waals surface area contributed by atoms with Crippen LogP contribution in [0.2, 0.25) is 0 Å². The first-order valence-corrected chi connectivity index (χ1v) is 11.3. The minimum atomic E-state index is 0.969. The number of pyridine rings is 1. The lowest BCUT2D eigenvalue weighted by molar-refractivity contribution is -0.660. The summed E-state index contributed by atoms with van der Waals surface area (Å²) in [5, 5.41) is 2.35. The molecule has 0 radical (unpaired) electrons. The number of hydrogen-bond acceptors (Lipinski definition) is 2. The first-order valence-electron chi connectivity index (χ1n) is 11.3. The number of hydrogen-bond donors (Lipinski definition) is 0. The summed E-state index contributed by atoms with van der Waals surface area (Å²) in [7, 11) is 4.30. The van der Waals surface area contributed by atoms with Crippen molar-refractivity contribution in [3.8, 4) is 22.4 Å². The van der Waals surface area contributed by atoms with Crippen molar-refractivity contribution < 1.29 is 8.98 Å². The molecular formula is C29H27N2O+. The lowest BCUT2D eigenvalue weighted by Crippen LogP contribution is -2.30. The Hall–Kier alpha value is -3.43. The highest BCUT2D eigenvalue weighted by Crippen LogP contribution is 2.41. The van der Waals surface area contributed by atoms with Gasteiger partial charge in [0, 0.05) is 41.6 Å². The topological polar surface area (TPSA) is 20.3 Å². The summed E-state index contributed by atoms with van der Waals surface area (Å²) in [6, 6.07) is 24.0. The van der Waals surface area contributed by atoms with Gasteiger partial charge in [0.1, 0.15) is 18.2 Å². The Bertz CT molecular complexity index is 1490. The van der Waals surface area contributed by atoms with E-state index in [4.69, 9.17) is 4.42 Å². The molecule has 0 unspecified atom stereocenters. The number of aryl methyl sites for hydroxylation is 2. The first kappa shape index (κ1) is 19.3. The Morgan fingerprint density at radius 3 is 2.53 bits per heavy atom. The Labute approximate surface area is 188 Å². The monoisotopic (exact) mass is 419 g/mol. The molecule has 158 valence electrons. The van der Waals surface area contributed by atoms with Crippen molar-refractivity contribution in [1.82, 2.24) is 4.90 Å². The molecule has 0 spiro atoms. The summed E-state index contributed by atoms with van der Waals surface area (Å²) >= 11 is 0. The van der Waals surface area contributed by atoms with Gasteiger partial charge in [0.25, 0.3) is 0 Å². The molecular weight excluding hydrogens is 392 g/mol. The van der Waals surface area contributed by atoms with Crippen molar-refractivity contribution >= 4 is 21.9 Å². The molecule has 1 aliphatic heterocycles. The minimum absolute atomic E-state index is 0.969. The molecule has 0 bridgehead atoms. The highest BCUT2D eigenvalue weighted by molar-refractivity contribution is 6.13. The molecule has 3 heterocycles. The summed E-state index contributed by atoms with van der Waals surface area (Å²) in [6.07, 6.45) is 3.19. The number of likely N-dealkylation sites (N-methyl/N-ethyl adjacent to an activating group) is 1. The number of para-hydroxylation sites is 1. The maximum atomic E-state index is 6.75. The van der Waals surface area contributed by atoms with Crippen LogP contribution in [-0.2, 0) is 20.0 Å². The van der Waals surface area contributed by atoms with E-state index in [1.165, 1.54) is 44.2 Å². The van der Waals surface area contributed by atoms with Gasteiger partial charge in [0.05, 0.1) is 5.56 Å². The predicted molar refractivity (Wildman–Crippen MR) is 131 cm³/mol. The molecule has 2 aromatic heterocycles. The predicted octanol–water partition coefficient (Wildman–Crippen LogP) is 6.04. The Kier molecular flexibility index (Phi) is 4.41. The van der Waals surface area contributed by atoms with Crippen LogP contribution < -0.4 is 4.57 Å². The van der Waals surface area contributed by atoms with Crippen LogP contribution in [-0.4, -0.2) is 18.5 Å². The molecule has 32 heavy (non-hydrogen) atoms. The van der Waals surface area contributed by atoms with Crippen LogP contribution in [0, 0.1) is 6.92 Å². The molecule has 3 heteroatoms. The van der Waals surface area contributed by atoms with Gasteiger partial charge in [-0.3, -0.25) is 0 Å². The molecule has 0 aliphatic carbocycles. The van der Waals surface area contributed by atoms with Gasteiger partial charge in [-0.2, -0.15) is 0 Å². The Morgan fingerprint density at radius 1 is 0.844 bits per heavy atom. The second-order valence-corrected chi connectivity index (χ2v) is 9.05. The highest BCUT2D eigenvalue weighted by Gasteiger charge is 2.23. The van der Waals surface area contributed by atoms with Crippen LogP contribution in [0.15, 0.2) is 77.3 Å². The van der Waals surface area contributed by atoms with Gasteiger partial charge in [-0.1, -0.05) is 48.5 Å². The normalized spacial score (nSPS) is 14.2. The van der Waals surface area contributed by atoms with Gasteiger partial charge in [-0.15, -0.1) is 0 Å². The van der Waals surface area contributed by atoms with E-state index in [2.05, 4.69) is 103 Å². The maximum absolute atomic E-state index is 6.75. The van der Waals surface area contributed by atoms with E-state index in [0.717, 1.165) is 36.4 Å². The number of rotatable bonds is 2. The van der Waals surface area contributed by atoms with E-state index < -0.39 is 0 Å². The first-order chi connectivity index (χ1) is 15.6. The smallest absolute Gasteiger partial charge is 0.216 e. The second-order valence-electron chi connectivity index (χ2n) is 9.05. The van der Waals surface area contributed by atoms with Gasteiger partial charge >= 0.3 is 0 Å². The largest absolute Gasteiger partial charge is 0.454 e. The zero-order valence-corrected chi connectivity index (χ0v) is 18.9. The van der Waals surface area contributed by atoms with Gasteiger partial charge in [0.2, 0.25) is 5.69 Å². The average molecular weight is 420 g/mol. The molecule has 5 aromatic rings. The summed E-state index contributed by atoms with van der Waals surface area (Å²) in [5.41, 5.74) is 10.9. The van der Waals surface area contributed by atoms with E-state index in [0.29, 0.717) is 0 Å². The lowest BCUT2D eigenvalue weighted by Gasteiger charge is -2.27. The molecule has 3 aromatic carbocycles. The van der Waals surface area contributed by atoms with Crippen LogP contribution in [0.5, 0.6) is 0 Å². The van der Waals surface area contributed by atoms with Crippen molar-refractivity contribution in [2.45, 2.75) is 19.9 Å². The zero-order chi connectivity index (χ0) is 21.8. The number of furan rings is 1. The summed E-state index contributed by atoms with van der Waals surface area (Å²) in [5.74, 6) is 0. The number of fused-ring (bicyclic) bond motifs is 4. The van der Waals surface area contributed by atoms with Crippen molar-refractivity contribution in [3.05, 3.63) is 89.6 Å². The number of nitrogens with zero attached hydrogens (tertiary/aromatic N) is 2. The van der Waals surface area contributed by atoms with E-state index >= 15 is 0 Å². The summed E-state index contributed by atoms with van der Waals surface area (Å²) < 4.78 is 8.92. The third-order valence-electron chi connectivity index (χ3n) is 6.94. The summed E-state index contributed by atoms with van der Waals surface area (Å²) in [4.78, 5) is 2.40. The molecule has 0 saturated carbocycles. The number of aromatic nitrogens is 1. The molecule has 0 atom stereocenters. The van der Waals surface area contributed by atoms with E-state index in [1.807, 2.05) is 0 Å². The van der Waals surface area contributed by atoms with Crippen LogP contribution in [0.25, 0.3) is 44.3 Å². The van der Waals surface area contributed by atoms with Crippen LogP contribution >= 0.6 is 0 Å². The molecule has 0 fully saturated rings. The molecule has 0 amide bonds. The molecule has 0 N–H and O–H groups in total. The lowest BCUT2D eigenvalue weighted by atomic mass is 9.90. The molecule has 3 nitrogen and oxygen atoms in total. The maximum Gasteiger partial charge on any atom is 0.216 e. The average Bonchev–Trinajstić information content (AvgIpc) is 3.18. The standard InChI is InChI=1S/C29H27N2O/c1-19-13-14-24-23-11-7-10-22(21-9-6-8-20-15-17-30(2)18-25(20)21)28(23)32-29(24)27(19)26-12-4-5-16-31(26)3/h4-14,16H,15,17-18H2,1-3H3/q+1. The summed E-state index contributed by atoms with van der Waals surface area (Å²) in [6.45, 7) is 4.26. The van der Waals surface area contributed by atoms with Crippen molar-refractivity contribution in [3.63, 3.8) is 0 Å². The fraction of sp³-hybridized carbons (Fsp3) is 0.207. The Morgan fingerprint density at radius 2 is 1.66 bits per heavy atom. The zero-order valence-electron chi connectivity index (χ0n) is 18.9. The van der Waals surface area contributed by atoms with E-state index in [9.17, 15) is 0 Å². The molecule has 0 saturated heterocycles. The molecule has 6 rings (SSSR count). The number of benzene rings is 3. The van der Waals surface area contributed by atoms with Gasteiger partial charge in [-0.05, 0) is 48.7 Å².